The molecule has 4 aromatic carbocycles. The van der Waals surface area contributed by atoms with Gasteiger partial charge >= 0.3 is 29.6 Å². The van der Waals surface area contributed by atoms with Gasteiger partial charge in [-0.2, -0.15) is 0 Å². The summed E-state index contributed by atoms with van der Waals surface area (Å²) in [4.78, 5) is 28.7. The molecule has 1 atom stereocenters. The van der Waals surface area contributed by atoms with Gasteiger partial charge in [0.1, 0.15) is 18.1 Å². The van der Waals surface area contributed by atoms with Crippen LogP contribution in [0.4, 0.5) is 0 Å². The third kappa shape index (κ3) is 8.89. The Labute approximate surface area is 297 Å². The number of amides is 1. The van der Waals surface area contributed by atoms with Gasteiger partial charge in [-0.15, -0.1) is 0 Å². The van der Waals surface area contributed by atoms with Crippen LogP contribution in [0.1, 0.15) is 46.6 Å². The van der Waals surface area contributed by atoms with Gasteiger partial charge < -0.3 is 24.4 Å². The fourth-order valence-electron chi connectivity index (χ4n) is 5.88. The molecule has 1 N–H and O–H groups in total. The standard InChI is InChI=1S/C39H36N2O5.Na/c42-35(43)26-45-33-20-18-27(19-21-33)22-23-40-38(44)32-16-9-10-28(25-32)24-31-15-7-8-17-34(31)39-41-36(29-11-3-1-4-12-29)37(46-39)30-13-5-2-6-14-30;/h1-6,9-14,16-21,25,31H,7-8,15,22-24,26H2,(H,40,44)(H,42,43);/q;+1/p-1. The number of benzene rings is 4. The maximum Gasteiger partial charge on any atom is 1.00 e. The van der Waals surface area contributed by atoms with E-state index in [1.807, 2.05) is 78.9 Å². The normalized spacial score (nSPS) is 14.0. The largest absolute Gasteiger partial charge is 1.00 e. The number of nitrogens with one attached hydrogen (secondary N) is 1. The number of carboxylic acid groups (broad SMARTS) is 1. The van der Waals surface area contributed by atoms with Gasteiger partial charge in [0, 0.05) is 28.8 Å². The topological polar surface area (TPSA) is 104 Å². The van der Waals surface area contributed by atoms with Crippen LogP contribution >= 0.6 is 0 Å². The van der Waals surface area contributed by atoms with E-state index < -0.39 is 12.6 Å². The van der Waals surface area contributed by atoms with Crippen LogP contribution in [-0.4, -0.2) is 30.0 Å². The Balaban J connectivity index is 0.00000433. The fourth-order valence-corrected chi connectivity index (χ4v) is 5.88. The molecule has 1 aliphatic rings. The smallest absolute Gasteiger partial charge is 0.546 e. The first-order valence-corrected chi connectivity index (χ1v) is 15.6. The minimum atomic E-state index is -1.27. The summed E-state index contributed by atoms with van der Waals surface area (Å²) in [7, 11) is 0. The van der Waals surface area contributed by atoms with Crippen LogP contribution in [0.5, 0.6) is 5.75 Å². The van der Waals surface area contributed by atoms with E-state index in [-0.39, 0.29) is 41.4 Å². The first-order chi connectivity index (χ1) is 22.5. The van der Waals surface area contributed by atoms with Crippen molar-refractivity contribution in [2.24, 2.45) is 5.92 Å². The molecule has 0 radical (unpaired) electrons. The van der Waals surface area contributed by atoms with Crippen molar-refractivity contribution in [3.8, 4) is 28.3 Å². The van der Waals surface area contributed by atoms with Crippen LogP contribution in [0.25, 0.3) is 28.2 Å². The van der Waals surface area contributed by atoms with E-state index in [0.717, 1.165) is 65.0 Å². The molecule has 1 heterocycles. The van der Waals surface area contributed by atoms with E-state index in [0.29, 0.717) is 30.2 Å². The second-order valence-corrected chi connectivity index (χ2v) is 11.4. The van der Waals surface area contributed by atoms with Crippen molar-refractivity contribution < 1.29 is 53.4 Å². The fraction of sp³-hybridized carbons (Fsp3) is 0.205. The summed E-state index contributed by atoms with van der Waals surface area (Å²) in [5.74, 6) is 0.719. The zero-order chi connectivity index (χ0) is 31.7. The number of carbonyl (C=O) groups is 2. The van der Waals surface area contributed by atoms with Gasteiger partial charge in [-0.05, 0) is 73.4 Å². The summed E-state index contributed by atoms with van der Waals surface area (Å²) in [6, 6.07) is 35.2. The molecule has 5 aromatic rings. The van der Waals surface area contributed by atoms with E-state index in [1.54, 1.807) is 12.1 Å². The summed E-state index contributed by atoms with van der Waals surface area (Å²) in [6.45, 7) is -0.0214. The van der Waals surface area contributed by atoms with Gasteiger partial charge in [-0.25, -0.2) is 4.98 Å². The molecular formula is C39H35N2NaO5. The molecule has 0 saturated heterocycles. The molecule has 232 valence electrons. The van der Waals surface area contributed by atoms with E-state index >= 15 is 0 Å². The maximum absolute atomic E-state index is 13.0. The molecule has 0 aliphatic heterocycles. The first kappa shape index (κ1) is 33.9. The number of allylic oxidation sites excluding steroid dienone is 2. The van der Waals surface area contributed by atoms with Crippen molar-refractivity contribution in [3.63, 3.8) is 0 Å². The molecule has 7 nitrogen and oxygen atoms in total. The van der Waals surface area contributed by atoms with Crippen molar-refractivity contribution in [2.45, 2.75) is 32.1 Å². The van der Waals surface area contributed by atoms with Crippen LogP contribution in [0.15, 0.2) is 120 Å². The van der Waals surface area contributed by atoms with Gasteiger partial charge in [0.05, 0.1) is 5.97 Å². The van der Waals surface area contributed by atoms with Crippen molar-refractivity contribution in [1.29, 1.82) is 0 Å². The number of hydrogen-bond donors (Lipinski definition) is 1. The first-order valence-electron chi connectivity index (χ1n) is 15.6. The van der Waals surface area contributed by atoms with Crippen LogP contribution < -0.4 is 44.7 Å². The monoisotopic (exact) mass is 634 g/mol. The zero-order valence-corrected chi connectivity index (χ0v) is 28.5. The number of ether oxygens (including phenoxy) is 1. The Morgan fingerprint density at radius 2 is 1.60 bits per heavy atom. The average molecular weight is 635 g/mol. The van der Waals surface area contributed by atoms with Crippen LogP contribution in [0, 0.1) is 5.92 Å². The van der Waals surface area contributed by atoms with Gasteiger partial charge in [0.15, 0.2) is 5.76 Å². The Morgan fingerprint density at radius 1 is 0.872 bits per heavy atom. The summed E-state index contributed by atoms with van der Waals surface area (Å²) in [6.07, 6.45) is 6.77. The number of hydrogen-bond acceptors (Lipinski definition) is 6. The van der Waals surface area contributed by atoms with Crippen molar-refractivity contribution in [2.75, 3.05) is 13.2 Å². The SMILES string of the molecule is O=C([O-])COc1ccc(CCNC(=O)c2cccc(CC3CCCC=C3c3nc(-c4ccccc4)c(-c4ccccc4)o3)c2)cc1.[Na+]. The van der Waals surface area contributed by atoms with Gasteiger partial charge in [-0.1, -0.05) is 91.0 Å². The molecule has 0 spiro atoms. The van der Waals surface area contributed by atoms with Gasteiger partial charge in [-0.3, -0.25) is 4.79 Å². The van der Waals surface area contributed by atoms with Crippen molar-refractivity contribution >= 4 is 17.4 Å². The minimum Gasteiger partial charge on any atom is -0.546 e. The molecule has 0 fully saturated rings. The summed E-state index contributed by atoms with van der Waals surface area (Å²) >= 11 is 0. The number of nitrogens with zero attached hydrogens (tertiary/aromatic N) is 1. The van der Waals surface area contributed by atoms with Crippen molar-refractivity contribution in [1.82, 2.24) is 10.3 Å². The number of rotatable bonds is 12. The summed E-state index contributed by atoms with van der Waals surface area (Å²) < 4.78 is 11.7. The molecule has 1 amide bonds. The van der Waals surface area contributed by atoms with Crippen LogP contribution in [0.2, 0.25) is 0 Å². The predicted molar refractivity (Wildman–Crippen MR) is 176 cm³/mol. The molecule has 1 unspecified atom stereocenters. The van der Waals surface area contributed by atoms with E-state index in [9.17, 15) is 14.7 Å². The van der Waals surface area contributed by atoms with Crippen LogP contribution in [0.3, 0.4) is 0 Å². The number of oxazole rings is 1. The predicted octanol–water partition coefficient (Wildman–Crippen LogP) is 3.54. The molecule has 6 rings (SSSR count). The molecule has 0 saturated carbocycles. The second-order valence-electron chi connectivity index (χ2n) is 11.4. The Bertz CT molecular complexity index is 1760. The number of carbonyl (C=O) groups excluding carboxylic acids is 2. The Kier molecular flexibility index (Phi) is 11.8. The van der Waals surface area contributed by atoms with E-state index in [1.165, 1.54) is 0 Å². The van der Waals surface area contributed by atoms with E-state index in [4.69, 9.17) is 14.1 Å². The number of carboxylic acids is 1. The zero-order valence-electron chi connectivity index (χ0n) is 26.5. The second kappa shape index (κ2) is 16.4. The number of aliphatic carboxylic acids is 1. The van der Waals surface area contributed by atoms with Crippen molar-refractivity contribution in [3.05, 3.63) is 138 Å². The maximum atomic E-state index is 13.0. The quantitative estimate of drug-likeness (QED) is 0.211. The average Bonchev–Trinajstić information content (AvgIpc) is 3.54. The summed E-state index contributed by atoms with van der Waals surface area (Å²) in [5, 5.41) is 13.6. The van der Waals surface area contributed by atoms with E-state index in [2.05, 4.69) is 29.6 Å². The molecule has 0 bridgehead atoms. The number of aromatic nitrogens is 1. The van der Waals surface area contributed by atoms with Crippen LogP contribution in [-0.2, 0) is 17.6 Å². The molecule has 1 aromatic heterocycles. The molecule has 8 heteroatoms. The Morgan fingerprint density at radius 3 is 2.32 bits per heavy atom. The third-order valence-corrected chi connectivity index (χ3v) is 8.17. The molecule has 1 aliphatic carbocycles. The summed E-state index contributed by atoms with van der Waals surface area (Å²) in [5.41, 5.74) is 6.69. The van der Waals surface area contributed by atoms with Gasteiger partial charge in [0.2, 0.25) is 5.89 Å². The minimum absolute atomic E-state index is 0. The third-order valence-electron chi connectivity index (χ3n) is 8.17. The molecule has 47 heavy (non-hydrogen) atoms. The Hall–Kier alpha value is -4.43. The molecular weight excluding hydrogens is 599 g/mol. The van der Waals surface area contributed by atoms with Gasteiger partial charge in [0.25, 0.3) is 5.91 Å².